The van der Waals surface area contributed by atoms with E-state index < -0.39 is 0 Å². The molecule has 0 radical (unpaired) electrons. The normalized spacial score (nSPS) is 16.9. The second kappa shape index (κ2) is 4.33. The molecule has 6 heteroatoms. The molecule has 0 aromatic carbocycles. The van der Waals surface area contributed by atoms with Crippen LogP contribution < -0.4 is 4.90 Å². The largest absolute Gasteiger partial charge is 0.362 e. The van der Waals surface area contributed by atoms with E-state index in [4.69, 9.17) is 23.2 Å². The van der Waals surface area contributed by atoms with Gasteiger partial charge in [-0.05, 0) is 6.42 Å². The van der Waals surface area contributed by atoms with E-state index in [2.05, 4.69) is 10.2 Å². The molecular formula is C9H9Cl2N3O. The number of aromatic nitrogens is 2. The van der Waals surface area contributed by atoms with Gasteiger partial charge in [0.1, 0.15) is 0 Å². The van der Waals surface area contributed by atoms with Crippen molar-refractivity contribution in [2.45, 2.75) is 12.8 Å². The van der Waals surface area contributed by atoms with Gasteiger partial charge in [0, 0.05) is 19.0 Å². The lowest BCUT2D eigenvalue weighted by Crippen LogP contribution is -2.35. The molecule has 2 rings (SSSR count). The van der Waals surface area contributed by atoms with Crippen molar-refractivity contribution in [2.75, 3.05) is 18.0 Å². The molecule has 0 aliphatic carbocycles. The molecule has 0 spiro atoms. The number of hydrogen-bond acceptors (Lipinski definition) is 4. The Labute approximate surface area is 97.2 Å². The molecule has 0 amide bonds. The van der Waals surface area contributed by atoms with Crippen molar-refractivity contribution in [1.82, 2.24) is 10.2 Å². The minimum absolute atomic E-state index is 0.213. The minimum Gasteiger partial charge on any atom is -0.362 e. The Morgan fingerprint density at radius 3 is 2.87 bits per heavy atom. The summed E-state index contributed by atoms with van der Waals surface area (Å²) in [6, 6.07) is 1.63. The average molecular weight is 246 g/mol. The smallest absolute Gasteiger partial charge is 0.175 e. The van der Waals surface area contributed by atoms with E-state index in [-0.39, 0.29) is 16.1 Å². The van der Waals surface area contributed by atoms with Crippen molar-refractivity contribution >= 4 is 34.7 Å². The van der Waals surface area contributed by atoms with E-state index in [0.29, 0.717) is 18.7 Å². The number of piperidine rings is 1. The maximum absolute atomic E-state index is 11.3. The lowest BCUT2D eigenvalue weighted by Gasteiger charge is -2.27. The third-order valence-corrected chi connectivity index (χ3v) is 2.75. The van der Waals surface area contributed by atoms with Gasteiger partial charge in [-0.25, -0.2) is 0 Å². The first-order chi connectivity index (χ1) is 7.16. The first kappa shape index (κ1) is 10.6. The Kier molecular flexibility index (Phi) is 3.07. The van der Waals surface area contributed by atoms with Gasteiger partial charge in [0.25, 0.3) is 0 Å². The summed E-state index contributed by atoms with van der Waals surface area (Å²) in [6.07, 6.45) is 1.48. The minimum atomic E-state index is 0.213. The fourth-order valence-electron chi connectivity index (χ4n) is 1.61. The second-order valence-corrected chi connectivity index (χ2v) is 4.15. The standard InChI is InChI=1S/C9H9Cl2N3O/c10-8-4-7(9(11)13-12-8)14-3-1-2-6(15)5-14/h4H,1-3,5H2. The van der Waals surface area contributed by atoms with Crippen LogP contribution in [0.3, 0.4) is 0 Å². The second-order valence-electron chi connectivity index (χ2n) is 3.41. The maximum Gasteiger partial charge on any atom is 0.175 e. The molecule has 0 bridgehead atoms. The molecule has 0 N–H and O–H groups in total. The molecule has 1 aromatic rings. The number of carbonyl (C=O) groups excluding carboxylic acids is 1. The summed E-state index contributed by atoms with van der Waals surface area (Å²) in [5.74, 6) is 0.213. The first-order valence-corrected chi connectivity index (χ1v) is 5.38. The van der Waals surface area contributed by atoms with Gasteiger partial charge in [-0.2, -0.15) is 0 Å². The fraction of sp³-hybridized carbons (Fsp3) is 0.444. The van der Waals surface area contributed by atoms with Crippen LogP contribution in [0.5, 0.6) is 0 Å². The van der Waals surface area contributed by atoms with E-state index in [1.165, 1.54) is 0 Å². The molecular weight excluding hydrogens is 237 g/mol. The van der Waals surface area contributed by atoms with Crippen LogP contribution in [0.1, 0.15) is 12.8 Å². The average Bonchev–Trinajstić information content (AvgIpc) is 2.22. The van der Waals surface area contributed by atoms with Crippen LogP contribution in [-0.4, -0.2) is 29.1 Å². The monoisotopic (exact) mass is 245 g/mol. The van der Waals surface area contributed by atoms with Crippen LogP contribution in [-0.2, 0) is 4.79 Å². The van der Waals surface area contributed by atoms with E-state index in [9.17, 15) is 4.79 Å². The molecule has 1 aromatic heterocycles. The predicted octanol–water partition coefficient (Wildman–Crippen LogP) is 1.95. The topological polar surface area (TPSA) is 46.1 Å². The van der Waals surface area contributed by atoms with E-state index in [1.807, 2.05) is 4.90 Å². The number of Topliss-reactive ketones (excluding diaryl/α,β-unsaturated/α-hetero) is 1. The summed E-state index contributed by atoms with van der Waals surface area (Å²) in [5.41, 5.74) is 0.685. The van der Waals surface area contributed by atoms with Crippen molar-refractivity contribution in [3.63, 3.8) is 0 Å². The van der Waals surface area contributed by atoms with E-state index >= 15 is 0 Å². The highest BCUT2D eigenvalue weighted by Crippen LogP contribution is 2.26. The quantitative estimate of drug-likeness (QED) is 0.759. The number of ketones is 1. The zero-order valence-electron chi connectivity index (χ0n) is 7.91. The Morgan fingerprint density at radius 1 is 1.33 bits per heavy atom. The van der Waals surface area contributed by atoms with E-state index in [0.717, 1.165) is 13.0 Å². The molecule has 1 saturated heterocycles. The SMILES string of the molecule is O=C1CCCN(c2cc(Cl)nnc2Cl)C1. The fourth-order valence-corrected chi connectivity index (χ4v) is 1.96. The lowest BCUT2D eigenvalue weighted by atomic mass is 10.1. The molecule has 80 valence electrons. The third-order valence-electron chi connectivity index (χ3n) is 2.29. The van der Waals surface area contributed by atoms with Crippen LogP contribution in [0.2, 0.25) is 10.3 Å². The maximum atomic E-state index is 11.3. The zero-order valence-corrected chi connectivity index (χ0v) is 9.42. The van der Waals surface area contributed by atoms with Gasteiger partial charge >= 0.3 is 0 Å². The van der Waals surface area contributed by atoms with Crippen molar-refractivity contribution in [1.29, 1.82) is 0 Å². The first-order valence-electron chi connectivity index (χ1n) is 4.62. The van der Waals surface area contributed by atoms with Gasteiger partial charge in [0.2, 0.25) is 0 Å². The molecule has 4 nitrogen and oxygen atoms in total. The van der Waals surface area contributed by atoms with Gasteiger partial charge in [-0.1, -0.05) is 23.2 Å². The summed E-state index contributed by atoms with van der Waals surface area (Å²) in [6.45, 7) is 1.18. The van der Waals surface area contributed by atoms with Crippen LogP contribution in [0.4, 0.5) is 5.69 Å². The van der Waals surface area contributed by atoms with Crippen LogP contribution in [0, 0.1) is 0 Å². The number of anilines is 1. The van der Waals surface area contributed by atoms with Crippen LogP contribution >= 0.6 is 23.2 Å². The molecule has 0 unspecified atom stereocenters. The van der Waals surface area contributed by atoms with Crippen molar-refractivity contribution in [3.05, 3.63) is 16.4 Å². The summed E-state index contributed by atoms with van der Waals surface area (Å²) in [4.78, 5) is 13.2. The molecule has 2 heterocycles. The summed E-state index contributed by atoms with van der Waals surface area (Å²) >= 11 is 11.6. The summed E-state index contributed by atoms with van der Waals surface area (Å²) in [5, 5.41) is 7.91. The number of nitrogens with zero attached hydrogens (tertiary/aromatic N) is 3. The zero-order chi connectivity index (χ0) is 10.8. The molecule has 0 atom stereocenters. The van der Waals surface area contributed by atoms with Gasteiger partial charge < -0.3 is 4.90 Å². The lowest BCUT2D eigenvalue weighted by molar-refractivity contribution is -0.118. The molecule has 15 heavy (non-hydrogen) atoms. The highest BCUT2D eigenvalue weighted by atomic mass is 35.5. The van der Waals surface area contributed by atoms with Gasteiger partial charge in [-0.3, -0.25) is 4.79 Å². The van der Waals surface area contributed by atoms with Gasteiger partial charge in [0.15, 0.2) is 16.1 Å². The predicted molar refractivity (Wildman–Crippen MR) is 58.5 cm³/mol. The highest BCUT2D eigenvalue weighted by Gasteiger charge is 2.20. The Morgan fingerprint density at radius 2 is 2.13 bits per heavy atom. The Bertz CT molecular complexity index is 397. The summed E-state index contributed by atoms with van der Waals surface area (Å²) in [7, 11) is 0. The Hall–Kier alpha value is -0.870. The van der Waals surface area contributed by atoms with E-state index in [1.54, 1.807) is 6.07 Å². The summed E-state index contributed by atoms with van der Waals surface area (Å²) < 4.78 is 0. The Balaban J connectivity index is 2.27. The third kappa shape index (κ3) is 2.38. The van der Waals surface area contributed by atoms with Crippen LogP contribution in [0.25, 0.3) is 0 Å². The molecule has 1 aliphatic rings. The molecule has 0 saturated carbocycles. The highest BCUT2D eigenvalue weighted by molar-refractivity contribution is 6.33. The van der Waals surface area contributed by atoms with Crippen molar-refractivity contribution in [2.24, 2.45) is 0 Å². The number of hydrogen-bond donors (Lipinski definition) is 0. The number of carbonyl (C=O) groups is 1. The number of rotatable bonds is 1. The van der Waals surface area contributed by atoms with Gasteiger partial charge in [0.05, 0.1) is 12.2 Å². The van der Waals surface area contributed by atoms with Crippen molar-refractivity contribution in [3.8, 4) is 0 Å². The molecule has 1 aliphatic heterocycles. The number of halogens is 2. The molecule has 1 fully saturated rings. The van der Waals surface area contributed by atoms with Gasteiger partial charge in [-0.15, -0.1) is 10.2 Å². The van der Waals surface area contributed by atoms with Crippen LogP contribution in [0.15, 0.2) is 6.07 Å². The van der Waals surface area contributed by atoms with Crippen molar-refractivity contribution < 1.29 is 4.79 Å².